The van der Waals surface area contributed by atoms with Crippen molar-refractivity contribution in [2.75, 3.05) is 7.11 Å². The molecule has 0 fully saturated rings. The molecular weight excluding hydrogens is 300 g/mol. The predicted octanol–water partition coefficient (Wildman–Crippen LogP) is 3.52. The van der Waals surface area contributed by atoms with E-state index in [0.717, 1.165) is 22.4 Å². The van der Waals surface area contributed by atoms with Crippen molar-refractivity contribution < 1.29 is 9.53 Å². The fourth-order valence-electron chi connectivity index (χ4n) is 2.74. The van der Waals surface area contributed by atoms with Crippen molar-refractivity contribution in [3.63, 3.8) is 0 Å². The van der Waals surface area contributed by atoms with E-state index in [-0.39, 0.29) is 23.9 Å². The molecule has 128 valence electrons. The number of hydrogen-bond donors (Lipinski definition) is 2. The molecule has 0 heterocycles. The number of aryl methyl sites for hydroxylation is 1. The molecule has 3 unspecified atom stereocenters. The second kappa shape index (κ2) is 7.97. The molecule has 1 amide bonds. The highest BCUT2D eigenvalue weighted by Gasteiger charge is 2.24. The van der Waals surface area contributed by atoms with Crippen LogP contribution in [0.25, 0.3) is 0 Å². The summed E-state index contributed by atoms with van der Waals surface area (Å²) in [6, 6.07) is 15.1. The SMILES string of the molecule is COc1ccc(C)cc1C(C)NC(=O)C(C)C(N)c1ccccc1. The number of carbonyl (C=O) groups excluding carboxylic acids is 1. The van der Waals surface area contributed by atoms with Gasteiger partial charge in [-0.3, -0.25) is 4.79 Å². The number of carbonyl (C=O) groups is 1. The minimum absolute atomic E-state index is 0.0672. The Hall–Kier alpha value is -2.33. The van der Waals surface area contributed by atoms with Crippen LogP contribution in [0.15, 0.2) is 48.5 Å². The van der Waals surface area contributed by atoms with Gasteiger partial charge in [0.15, 0.2) is 0 Å². The molecule has 0 saturated heterocycles. The summed E-state index contributed by atoms with van der Waals surface area (Å²) in [7, 11) is 1.64. The van der Waals surface area contributed by atoms with Crippen LogP contribution in [-0.4, -0.2) is 13.0 Å². The molecule has 3 N–H and O–H groups in total. The van der Waals surface area contributed by atoms with Crippen LogP contribution in [0, 0.1) is 12.8 Å². The summed E-state index contributed by atoms with van der Waals surface area (Å²) in [5, 5.41) is 3.05. The average Bonchev–Trinajstić information content (AvgIpc) is 2.61. The Balaban J connectivity index is 2.10. The number of benzene rings is 2. The van der Waals surface area contributed by atoms with Crippen molar-refractivity contribution in [2.24, 2.45) is 11.7 Å². The lowest BCUT2D eigenvalue weighted by Gasteiger charge is -2.23. The van der Waals surface area contributed by atoms with Crippen LogP contribution >= 0.6 is 0 Å². The van der Waals surface area contributed by atoms with Gasteiger partial charge in [0.05, 0.1) is 19.1 Å². The molecule has 2 rings (SSSR count). The highest BCUT2D eigenvalue weighted by molar-refractivity contribution is 5.79. The number of amides is 1. The molecule has 0 aliphatic heterocycles. The molecule has 2 aromatic carbocycles. The van der Waals surface area contributed by atoms with E-state index in [1.165, 1.54) is 0 Å². The van der Waals surface area contributed by atoms with Crippen molar-refractivity contribution in [2.45, 2.75) is 32.9 Å². The third-order valence-electron chi connectivity index (χ3n) is 4.35. The van der Waals surface area contributed by atoms with Gasteiger partial charge in [0.1, 0.15) is 5.75 Å². The Morgan fingerprint density at radius 1 is 1.12 bits per heavy atom. The van der Waals surface area contributed by atoms with Crippen LogP contribution in [0.1, 0.15) is 42.6 Å². The summed E-state index contributed by atoms with van der Waals surface area (Å²) in [5.74, 6) is 0.376. The topological polar surface area (TPSA) is 64.3 Å². The van der Waals surface area contributed by atoms with E-state index in [4.69, 9.17) is 10.5 Å². The number of ether oxygens (including phenoxy) is 1. The zero-order chi connectivity index (χ0) is 17.7. The van der Waals surface area contributed by atoms with Gasteiger partial charge in [-0.25, -0.2) is 0 Å². The van der Waals surface area contributed by atoms with Crippen LogP contribution in [0.2, 0.25) is 0 Å². The van der Waals surface area contributed by atoms with Gasteiger partial charge in [-0.1, -0.05) is 55.0 Å². The summed E-state index contributed by atoms with van der Waals surface area (Å²) in [5.41, 5.74) is 9.30. The van der Waals surface area contributed by atoms with Gasteiger partial charge in [0, 0.05) is 11.6 Å². The molecule has 24 heavy (non-hydrogen) atoms. The van der Waals surface area contributed by atoms with E-state index < -0.39 is 0 Å². The summed E-state index contributed by atoms with van der Waals surface area (Å²) < 4.78 is 5.40. The molecule has 2 aromatic rings. The van der Waals surface area contributed by atoms with E-state index in [1.807, 2.05) is 69.3 Å². The van der Waals surface area contributed by atoms with Gasteiger partial charge < -0.3 is 15.8 Å². The van der Waals surface area contributed by atoms with E-state index in [9.17, 15) is 4.79 Å². The summed E-state index contributed by atoms with van der Waals surface area (Å²) >= 11 is 0. The lowest BCUT2D eigenvalue weighted by Crippen LogP contribution is -2.37. The lowest BCUT2D eigenvalue weighted by molar-refractivity contribution is -0.125. The summed E-state index contributed by atoms with van der Waals surface area (Å²) in [6.45, 7) is 5.83. The second-order valence-corrected chi connectivity index (χ2v) is 6.20. The first-order valence-electron chi connectivity index (χ1n) is 8.19. The predicted molar refractivity (Wildman–Crippen MR) is 96.8 cm³/mol. The molecule has 0 radical (unpaired) electrons. The third-order valence-corrected chi connectivity index (χ3v) is 4.35. The minimum atomic E-state index is -0.335. The van der Waals surface area contributed by atoms with Crippen molar-refractivity contribution >= 4 is 5.91 Å². The van der Waals surface area contributed by atoms with Crippen molar-refractivity contribution in [3.05, 3.63) is 65.2 Å². The molecule has 3 atom stereocenters. The molecule has 4 nitrogen and oxygen atoms in total. The van der Waals surface area contributed by atoms with Crippen LogP contribution in [-0.2, 0) is 4.79 Å². The Morgan fingerprint density at radius 2 is 1.79 bits per heavy atom. The average molecular weight is 326 g/mol. The number of rotatable bonds is 6. The Bertz CT molecular complexity index is 685. The summed E-state index contributed by atoms with van der Waals surface area (Å²) in [6.07, 6.45) is 0. The van der Waals surface area contributed by atoms with Crippen molar-refractivity contribution in [3.8, 4) is 5.75 Å². The van der Waals surface area contributed by atoms with Crippen LogP contribution in [0.4, 0.5) is 0 Å². The molecule has 0 saturated carbocycles. The Labute approximate surface area is 144 Å². The molecule has 0 bridgehead atoms. The molecule has 0 aromatic heterocycles. The monoisotopic (exact) mass is 326 g/mol. The van der Waals surface area contributed by atoms with Gasteiger partial charge in [0.25, 0.3) is 0 Å². The smallest absolute Gasteiger partial charge is 0.225 e. The first kappa shape index (κ1) is 18.0. The quantitative estimate of drug-likeness (QED) is 0.853. The Kier molecular flexibility index (Phi) is 5.99. The van der Waals surface area contributed by atoms with Crippen molar-refractivity contribution in [1.82, 2.24) is 5.32 Å². The molecule has 0 spiro atoms. The van der Waals surface area contributed by atoms with Gasteiger partial charge in [0.2, 0.25) is 5.91 Å². The fraction of sp³-hybridized carbons (Fsp3) is 0.350. The maximum absolute atomic E-state index is 12.6. The Morgan fingerprint density at radius 3 is 2.42 bits per heavy atom. The minimum Gasteiger partial charge on any atom is -0.496 e. The van der Waals surface area contributed by atoms with E-state index in [0.29, 0.717) is 0 Å². The highest BCUT2D eigenvalue weighted by Crippen LogP contribution is 2.27. The number of hydrogen-bond acceptors (Lipinski definition) is 3. The number of methoxy groups -OCH3 is 1. The van der Waals surface area contributed by atoms with Crippen LogP contribution in [0.3, 0.4) is 0 Å². The van der Waals surface area contributed by atoms with Gasteiger partial charge in [-0.2, -0.15) is 0 Å². The summed E-state index contributed by atoms with van der Waals surface area (Å²) in [4.78, 5) is 12.6. The van der Waals surface area contributed by atoms with Crippen LogP contribution < -0.4 is 15.8 Å². The van der Waals surface area contributed by atoms with Crippen LogP contribution in [0.5, 0.6) is 5.75 Å². The largest absolute Gasteiger partial charge is 0.496 e. The van der Waals surface area contributed by atoms with E-state index in [1.54, 1.807) is 7.11 Å². The zero-order valence-corrected chi connectivity index (χ0v) is 14.7. The molecule has 4 heteroatoms. The molecular formula is C20H26N2O2. The number of nitrogens with two attached hydrogens (primary N) is 1. The maximum Gasteiger partial charge on any atom is 0.225 e. The molecule has 0 aliphatic rings. The molecule has 0 aliphatic carbocycles. The van der Waals surface area contributed by atoms with Gasteiger partial charge in [-0.05, 0) is 25.5 Å². The lowest BCUT2D eigenvalue weighted by atomic mass is 9.94. The normalized spacial score (nSPS) is 14.5. The maximum atomic E-state index is 12.6. The standard InChI is InChI=1S/C20H26N2O2/c1-13-10-11-18(24-4)17(12-13)15(3)22-20(23)14(2)19(21)16-8-6-5-7-9-16/h5-12,14-15,19H,21H2,1-4H3,(H,22,23). The van der Waals surface area contributed by atoms with Gasteiger partial charge >= 0.3 is 0 Å². The fourth-order valence-corrected chi connectivity index (χ4v) is 2.74. The van der Waals surface area contributed by atoms with Gasteiger partial charge in [-0.15, -0.1) is 0 Å². The third kappa shape index (κ3) is 4.15. The highest BCUT2D eigenvalue weighted by atomic mass is 16.5. The van der Waals surface area contributed by atoms with Crippen molar-refractivity contribution in [1.29, 1.82) is 0 Å². The van der Waals surface area contributed by atoms with E-state index >= 15 is 0 Å². The zero-order valence-electron chi connectivity index (χ0n) is 14.7. The first-order chi connectivity index (χ1) is 11.4. The first-order valence-corrected chi connectivity index (χ1v) is 8.19. The second-order valence-electron chi connectivity index (χ2n) is 6.20. The van der Waals surface area contributed by atoms with E-state index in [2.05, 4.69) is 5.32 Å². The number of nitrogens with one attached hydrogen (secondary N) is 1.